The number of hydrogen-bond donors (Lipinski definition) is 2. The van der Waals surface area contributed by atoms with Crippen LogP contribution in [0.2, 0.25) is 0 Å². The molecule has 5 nitrogen and oxygen atoms in total. The number of carbonyl (C=O) groups is 1. The standard InChI is InChI=1S/C15H13N3O2S/c19-14(9-16-15(20)13-8-17-21-18-13)12-6-5-10-3-1-2-4-11(10)7-12/h1-8,14,19H,9H2,(H,16,20). The topological polar surface area (TPSA) is 75.1 Å². The van der Waals surface area contributed by atoms with Crippen molar-refractivity contribution in [3.05, 3.63) is 59.9 Å². The molecule has 0 saturated heterocycles. The minimum atomic E-state index is -0.759. The highest BCUT2D eigenvalue weighted by Crippen LogP contribution is 2.20. The summed E-state index contributed by atoms with van der Waals surface area (Å²) in [5.74, 6) is -0.330. The fourth-order valence-corrected chi connectivity index (χ4v) is 2.49. The molecule has 0 aliphatic heterocycles. The van der Waals surface area contributed by atoms with Crippen molar-refractivity contribution in [1.29, 1.82) is 0 Å². The zero-order valence-electron chi connectivity index (χ0n) is 11.1. The second kappa shape index (κ2) is 5.99. The van der Waals surface area contributed by atoms with Gasteiger partial charge >= 0.3 is 0 Å². The Labute approximate surface area is 125 Å². The van der Waals surface area contributed by atoms with Crippen molar-refractivity contribution >= 4 is 28.4 Å². The lowest BCUT2D eigenvalue weighted by Crippen LogP contribution is -2.28. The molecule has 2 aromatic carbocycles. The number of nitrogens with zero attached hydrogens (tertiary/aromatic N) is 2. The second-order valence-corrected chi connectivity index (χ2v) is 5.18. The van der Waals surface area contributed by atoms with Crippen LogP contribution in [0.3, 0.4) is 0 Å². The van der Waals surface area contributed by atoms with Crippen LogP contribution in [0.25, 0.3) is 10.8 Å². The lowest BCUT2D eigenvalue weighted by molar-refractivity contribution is 0.0912. The Morgan fingerprint density at radius 1 is 1.24 bits per heavy atom. The van der Waals surface area contributed by atoms with Gasteiger partial charge in [-0.2, -0.15) is 8.75 Å². The molecular weight excluding hydrogens is 286 g/mol. The Hall–Kier alpha value is -2.31. The van der Waals surface area contributed by atoms with E-state index in [-0.39, 0.29) is 18.1 Å². The van der Waals surface area contributed by atoms with Crippen LogP contribution < -0.4 is 5.32 Å². The molecule has 0 aliphatic carbocycles. The van der Waals surface area contributed by atoms with E-state index in [0.717, 1.165) is 28.1 Å². The maximum absolute atomic E-state index is 11.7. The Morgan fingerprint density at radius 3 is 2.81 bits per heavy atom. The normalized spacial score (nSPS) is 12.2. The smallest absolute Gasteiger partial charge is 0.272 e. The van der Waals surface area contributed by atoms with E-state index >= 15 is 0 Å². The third-order valence-corrected chi connectivity index (χ3v) is 3.69. The molecule has 0 aliphatic rings. The van der Waals surface area contributed by atoms with Crippen LogP contribution >= 0.6 is 11.7 Å². The van der Waals surface area contributed by atoms with Gasteiger partial charge in [0.2, 0.25) is 0 Å². The molecule has 1 aromatic heterocycles. The largest absolute Gasteiger partial charge is 0.387 e. The van der Waals surface area contributed by atoms with Gasteiger partial charge in [0.25, 0.3) is 5.91 Å². The van der Waals surface area contributed by atoms with Gasteiger partial charge in [-0.15, -0.1) is 0 Å². The zero-order chi connectivity index (χ0) is 14.7. The Bertz CT molecular complexity index is 758. The molecule has 21 heavy (non-hydrogen) atoms. The Morgan fingerprint density at radius 2 is 2.05 bits per heavy atom. The van der Waals surface area contributed by atoms with Crippen LogP contribution in [0, 0.1) is 0 Å². The van der Waals surface area contributed by atoms with Gasteiger partial charge < -0.3 is 10.4 Å². The highest BCUT2D eigenvalue weighted by atomic mass is 32.1. The summed E-state index contributed by atoms with van der Waals surface area (Å²) in [6.07, 6.45) is 0.646. The molecule has 1 heterocycles. The van der Waals surface area contributed by atoms with Crippen LogP contribution in [0.15, 0.2) is 48.7 Å². The van der Waals surface area contributed by atoms with Crippen molar-refractivity contribution in [2.24, 2.45) is 0 Å². The maximum atomic E-state index is 11.7. The molecule has 1 unspecified atom stereocenters. The summed E-state index contributed by atoms with van der Waals surface area (Å²) in [5, 5.41) is 15.0. The first-order valence-electron chi connectivity index (χ1n) is 6.46. The SMILES string of the molecule is O=C(NCC(O)c1ccc2ccccc2c1)c1cnsn1. The number of aliphatic hydroxyl groups is 1. The minimum absolute atomic E-state index is 0.134. The van der Waals surface area contributed by atoms with Crippen LogP contribution in [0.5, 0.6) is 0 Å². The van der Waals surface area contributed by atoms with Crippen LogP contribution in [0.4, 0.5) is 0 Å². The van der Waals surface area contributed by atoms with Crippen molar-refractivity contribution in [1.82, 2.24) is 14.1 Å². The number of aromatic nitrogens is 2. The predicted octanol–water partition coefficient (Wildman–Crippen LogP) is 2.15. The van der Waals surface area contributed by atoms with Crippen LogP contribution in [0.1, 0.15) is 22.2 Å². The number of nitrogens with one attached hydrogen (secondary N) is 1. The zero-order valence-corrected chi connectivity index (χ0v) is 11.9. The van der Waals surface area contributed by atoms with E-state index in [9.17, 15) is 9.90 Å². The quantitative estimate of drug-likeness (QED) is 0.774. The van der Waals surface area contributed by atoms with Crippen LogP contribution in [-0.2, 0) is 0 Å². The van der Waals surface area contributed by atoms with Gasteiger partial charge in [-0.3, -0.25) is 4.79 Å². The number of amides is 1. The average molecular weight is 299 g/mol. The van der Waals surface area contributed by atoms with E-state index < -0.39 is 6.10 Å². The van der Waals surface area contributed by atoms with Crippen LogP contribution in [-0.4, -0.2) is 26.3 Å². The fourth-order valence-electron chi connectivity index (χ4n) is 2.08. The van der Waals surface area contributed by atoms with Gasteiger partial charge in [0.15, 0.2) is 5.69 Å². The molecule has 1 amide bonds. The molecule has 6 heteroatoms. The third kappa shape index (κ3) is 3.07. The van der Waals surface area contributed by atoms with Crippen molar-refractivity contribution in [3.8, 4) is 0 Å². The summed E-state index contributed by atoms with van der Waals surface area (Å²) >= 11 is 0.977. The lowest BCUT2D eigenvalue weighted by Gasteiger charge is -2.12. The van der Waals surface area contributed by atoms with Gasteiger partial charge in [0, 0.05) is 6.54 Å². The van der Waals surface area contributed by atoms with Crippen molar-refractivity contribution in [3.63, 3.8) is 0 Å². The summed E-state index contributed by atoms with van der Waals surface area (Å²) in [6.45, 7) is 0.134. The molecule has 3 rings (SSSR count). The first-order chi connectivity index (χ1) is 10.2. The van der Waals surface area contributed by atoms with E-state index in [2.05, 4.69) is 14.1 Å². The summed E-state index contributed by atoms with van der Waals surface area (Å²) in [5.41, 5.74) is 1.04. The Kier molecular flexibility index (Phi) is 3.89. The summed E-state index contributed by atoms with van der Waals surface area (Å²) in [4.78, 5) is 11.7. The maximum Gasteiger partial charge on any atom is 0.272 e. The van der Waals surface area contributed by atoms with Crippen molar-refractivity contribution in [2.75, 3.05) is 6.54 Å². The molecule has 0 radical (unpaired) electrons. The molecule has 3 aromatic rings. The molecule has 2 N–H and O–H groups in total. The number of aliphatic hydroxyl groups excluding tert-OH is 1. The van der Waals surface area contributed by atoms with E-state index in [4.69, 9.17) is 0 Å². The number of carbonyl (C=O) groups excluding carboxylic acids is 1. The van der Waals surface area contributed by atoms with Crippen molar-refractivity contribution < 1.29 is 9.90 Å². The van der Waals surface area contributed by atoms with E-state index in [1.165, 1.54) is 6.20 Å². The molecule has 106 valence electrons. The van der Waals surface area contributed by atoms with E-state index in [1.807, 2.05) is 42.5 Å². The molecule has 0 bridgehead atoms. The number of fused-ring (bicyclic) bond motifs is 1. The number of rotatable bonds is 4. The summed E-state index contributed by atoms with van der Waals surface area (Å²) in [7, 11) is 0. The summed E-state index contributed by atoms with van der Waals surface area (Å²) in [6, 6.07) is 13.7. The first kappa shape index (κ1) is 13.7. The molecule has 0 spiro atoms. The molecule has 0 fully saturated rings. The molecule has 1 atom stereocenters. The Balaban J connectivity index is 1.69. The van der Waals surface area contributed by atoms with E-state index in [0.29, 0.717) is 0 Å². The van der Waals surface area contributed by atoms with E-state index in [1.54, 1.807) is 0 Å². The van der Waals surface area contributed by atoms with Gasteiger partial charge in [-0.1, -0.05) is 36.4 Å². The fraction of sp³-hybridized carbons (Fsp3) is 0.133. The van der Waals surface area contributed by atoms with Gasteiger partial charge in [0.1, 0.15) is 0 Å². The van der Waals surface area contributed by atoms with Gasteiger partial charge in [-0.05, 0) is 22.4 Å². The number of benzene rings is 2. The highest BCUT2D eigenvalue weighted by Gasteiger charge is 2.12. The average Bonchev–Trinajstić information content (AvgIpc) is 3.06. The lowest BCUT2D eigenvalue weighted by atomic mass is 10.0. The first-order valence-corrected chi connectivity index (χ1v) is 7.19. The number of hydrogen-bond acceptors (Lipinski definition) is 5. The monoisotopic (exact) mass is 299 g/mol. The summed E-state index contributed by atoms with van der Waals surface area (Å²) < 4.78 is 7.61. The predicted molar refractivity (Wildman–Crippen MR) is 81.2 cm³/mol. The minimum Gasteiger partial charge on any atom is -0.387 e. The molecular formula is C15H13N3O2S. The van der Waals surface area contributed by atoms with Crippen molar-refractivity contribution in [2.45, 2.75) is 6.10 Å². The van der Waals surface area contributed by atoms with Gasteiger partial charge in [0.05, 0.1) is 24.0 Å². The highest BCUT2D eigenvalue weighted by molar-refractivity contribution is 6.99. The van der Waals surface area contributed by atoms with Gasteiger partial charge in [-0.25, -0.2) is 0 Å². The molecule has 0 saturated carbocycles. The second-order valence-electron chi connectivity index (χ2n) is 4.63. The third-order valence-electron chi connectivity index (χ3n) is 3.21.